The number of nitrogens with two attached hydrogens (primary N) is 1. The molecule has 4 unspecified atom stereocenters. The van der Waals surface area contributed by atoms with E-state index in [0.29, 0.717) is 12.1 Å². The van der Waals surface area contributed by atoms with Crippen LogP contribution in [0.5, 0.6) is 0 Å². The molecule has 0 radical (unpaired) electrons. The van der Waals surface area contributed by atoms with E-state index in [-0.39, 0.29) is 35.7 Å². The average molecular weight is 345 g/mol. The van der Waals surface area contributed by atoms with Gasteiger partial charge in [0.15, 0.2) is 0 Å². The number of nitrogens with one attached hydrogen (secondary N) is 1. The minimum Gasteiger partial charge on any atom is -0.378 e. The summed E-state index contributed by atoms with van der Waals surface area (Å²) in [5, 5.41) is 3.38. The topological polar surface area (TPSA) is 64.3 Å². The molecule has 1 amide bonds. The maximum absolute atomic E-state index is 12.6. The van der Waals surface area contributed by atoms with Crippen molar-refractivity contribution < 1.29 is 9.53 Å². The predicted octanol–water partition coefficient (Wildman–Crippen LogP) is 3.17. The van der Waals surface area contributed by atoms with E-state index in [1.165, 1.54) is 32.1 Å². The number of hydrogen-bond donors (Lipinski definition) is 2. The first-order valence-electron chi connectivity index (χ1n) is 9.33. The Bertz CT molecular complexity index is 398. The summed E-state index contributed by atoms with van der Waals surface area (Å²) in [6, 6.07) is 0.542. The molecule has 0 aliphatic heterocycles. The number of halogens is 1. The molecule has 23 heavy (non-hydrogen) atoms. The van der Waals surface area contributed by atoms with Crippen molar-refractivity contribution in [3.8, 4) is 0 Å². The second-order valence-corrected chi connectivity index (χ2v) is 7.66. The normalized spacial score (nSPS) is 35.9. The Morgan fingerprint density at radius 3 is 2.57 bits per heavy atom. The predicted molar refractivity (Wildman–Crippen MR) is 94.7 cm³/mol. The highest BCUT2D eigenvalue weighted by Gasteiger charge is 2.56. The molecule has 134 valence electrons. The van der Waals surface area contributed by atoms with Gasteiger partial charge in [-0.2, -0.15) is 0 Å². The van der Waals surface area contributed by atoms with E-state index in [2.05, 4.69) is 12.2 Å². The van der Waals surface area contributed by atoms with Crippen molar-refractivity contribution in [1.29, 1.82) is 0 Å². The lowest BCUT2D eigenvalue weighted by Gasteiger charge is -2.57. The monoisotopic (exact) mass is 344 g/mol. The Morgan fingerprint density at radius 1 is 1.17 bits per heavy atom. The Morgan fingerprint density at radius 2 is 1.91 bits per heavy atom. The van der Waals surface area contributed by atoms with Crippen molar-refractivity contribution in [2.45, 2.75) is 89.3 Å². The van der Waals surface area contributed by atoms with Crippen LogP contribution in [0.1, 0.15) is 71.1 Å². The molecule has 0 aromatic carbocycles. The third kappa shape index (κ3) is 3.85. The molecular weight excluding hydrogens is 312 g/mol. The van der Waals surface area contributed by atoms with Gasteiger partial charge in [0.25, 0.3) is 0 Å². The van der Waals surface area contributed by atoms with Crippen molar-refractivity contribution in [1.82, 2.24) is 5.32 Å². The first-order chi connectivity index (χ1) is 10.7. The van der Waals surface area contributed by atoms with E-state index in [9.17, 15) is 4.79 Å². The zero-order valence-corrected chi connectivity index (χ0v) is 15.2. The molecule has 3 N–H and O–H groups in total. The summed E-state index contributed by atoms with van der Waals surface area (Å²) in [5.74, 6) is 0.385. The molecule has 0 heterocycles. The Kier molecular flexibility index (Phi) is 6.76. The highest BCUT2D eigenvalue weighted by Crippen LogP contribution is 2.53. The summed E-state index contributed by atoms with van der Waals surface area (Å²) in [7, 11) is 0. The summed E-state index contributed by atoms with van der Waals surface area (Å²) >= 11 is 0. The molecule has 0 saturated heterocycles. The third-order valence-corrected chi connectivity index (χ3v) is 6.34. The summed E-state index contributed by atoms with van der Waals surface area (Å²) in [6.07, 6.45) is 11.7. The van der Waals surface area contributed by atoms with E-state index in [4.69, 9.17) is 10.5 Å². The lowest BCUT2D eigenvalue weighted by atomic mass is 9.55. The number of rotatable bonds is 4. The molecule has 0 bridgehead atoms. The fourth-order valence-electron chi connectivity index (χ4n) is 5.02. The van der Waals surface area contributed by atoms with Crippen LogP contribution in [0.4, 0.5) is 0 Å². The number of amides is 1. The van der Waals surface area contributed by atoms with Gasteiger partial charge in [-0.25, -0.2) is 0 Å². The lowest BCUT2D eigenvalue weighted by Crippen LogP contribution is -2.66. The highest BCUT2D eigenvalue weighted by atomic mass is 35.5. The molecule has 0 aromatic heterocycles. The van der Waals surface area contributed by atoms with Gasteiger partial charge in [0.1, 0.15) is 0 Å². The quantitative estimate of drug-likeness (QED) is 0.823. The lowest BCUT2D eigenvalue weighted by molar-refractivity contribution is -0.159. The van der Waals surface area contributed by atoms with Crippen LogP contribution in [0.2, 0.25) is 0 Å². The van der Waals surface area contributed by atoms with Gasteiger partial charge in [-0.3, -0.25) is 4.79 Å². The molecule has 5 heteroatoms. The van der Waals surface area contributed by atoms with E-state index in [0.717, 1.165) is 38.7 Å². The second kappa shape index (κ2) is 8.17. The molecule has 0 aromatic rings. The Labute approximate surface area is 146 Å². The molecule has 3 fully saturated rings. The first-order valence-corrected chi connectivity index (χ1v) is 9.33. The molecule has 3 aliphatic carbocycles. The van der Waals surface area contributed by atoms with E-state index < -0.39 is 0 Å². The van der Waals surface area contributed by atoms with Crippen LogP contribution in [-0.4, -0.2) is 30.7 Å². The van der Waals surface area contributed by atoms with Crippen LogP contribution in [0.3, 0.4) is 0 Å². The Hall–Kier alpha value is -0.320. The van der Waals surface area contributed by atoms with Crippen LogP contribution in [0.15, 0.2) is 0 Å². The first kappa shape index (κ1) is 19.0. The van der Waals surface area contributed by atoms with Crippen LogP contribution in [-0.2, 0) is 9.53 Å². The number of carbonyl (C=O) groups is 1. The van der Waals surface area contributed by atoms with Crippen LogP contribution >= 0.6 is 12.4 Å². The summed E-state index contributed by atoms with van der Waals surface area (Å²) in [5.41, 5.74) is 6.26. The van der Waals surface area contributed by atoms with E-state index >= 15 is 0 Å². The van der Waals surface area contributed by atoms with Crippen LogP contribution < -0.4 is 11.1 Å². The van der Waals surface area contributed by atoms with Gasteiger partial charge in [0, 0.05) is 30.0 Å². The van der Waals surface area contributed by atoms with Crippen LogP contribution in [0, 0.1) is 11.3 Å². The molecule has 3 aliphatic rings. The highest BCUT2D eigenvalue weighted by molar-refractivity contribution is 5.85. The van der Waals surface area contributed by atoms with Gasteiger partial charge in [0.2, 0.25) is 5.91 Å². The van der Waals surface area contributed by atoms with Crippen molar-refractivity contribution >= 4 is 18.3 Å². The summed E-state index contributed by atoms with van der Waals surface area (Å²) < 4.78 is 5.97. The van der Waals surface area contributed by atoms with Gasteiger partial charge in [-0.1, -0.05) is 25.7 Å². The largest absolute Gasteiger partial charge is 0.378 e. The third-order valence-electron chi connectivity index (χ3n) is 6.34. The van der Waals surface area contributed by atoms with Gasteiger partial charge >= 0.3 is 0 Å². The average Bonchev–Trinajstić information content (AvgIpc) is 2.54. The summed E-state index contributed by atoms with van der Waals surface area (Å²) in [6.45, 7) is 2.86. The molecule has 1 spiro atoms. The SMILES string of the molecule is CCOC1CC(NC(=O)C2CCCC(N)C2)C12CCCCC2.Cl. The van der Waals surface area contributed by atoms with Gasteiger partial charge in [-0.15, -0.1) is 12.4 Å². The second-order valence-electron chi connectivity index (χ2n) is 7.66. The number of hydrogen-bond acceptors (Lipinski definition) is 3. The van der Waals surface area contributed by atoms with Gasteiger partial charge in [0.05, 0.1) is 6.10 Å². The van der Waals surface area contributed by atoms with Crippen molar-refractivity contribution in [2.24, 2.45) is 17.1 Å². The fourth-order valence-corrected chi connectivity index (χ4v) is 5.02. The Balaban J connectivity index is 0.00000192. The zero-order valence-electron chi connectivity index (χ0n) is 14.4. The van der Waals surface area contributed by atoms with Crippen LogP contribution in [0.25, 0.3) is 0 Å². The van der Waals surface area contributed by atoms with Crippen molar-refractivity contribution in [3.63, 3.8) is 0 Å². The molecule has 3 saturated carbocycles. The van der Waals surface area contributed by atoms with Crippen molar-refractivity contribution in [3.05, 3.63) is 0 Å². The zero-order chi connectivity index (χ0) is 15.6. The molecule has 4 nitrogen and oxygen atoms in total. The number of ether oxygens (including phenoxy) is 1. The van der Waals surface area contributed by atoms with Gasteiger partial charge in [-0.05, 0) is 45.4 Å². The van der Waals surface area contributed by atoms with Crippen molar-refractivity contribution in [2.75, 3.05) is 6.61 Å². The number of carbonyl (C=O) groups excluding carboxylic acids is 1. The molecule has 3 rings (SSSR count). The maximum Gasteiger partial charge on any atom is 0.223 e. The minimum atomic E-state index is 0. The van der Waals surface area contributed by atoms with E-state index in [1.54, 1.807) is 0 Å². The fraction of sp³-hybridized carbons (Fsp3) is 0.944. The minimum absolute atomic E-state index is 0. The maximum atomic E-state index is 12.6. The standard InChI is InChI=1S/C18H32N2O2.ClH/c1-2-22-16-12-15(18(16)9-4-3-5-10-18)20-17(21)13-7-6-8-14(19)11-13;/h13-16H,2-12,19H2,1H3,(H,20,21);1H. The molecular formula is C18H33ClN2O2. The van der Waals surface area contributed by atoms with E-state index in [1.807, 2.05) is 0 Å². The summed E-state index contributed by atoms with van der Waals surface area (Å²) in [4.78, 5) is 12.6. The van der Waals surface area contributed by atoms with Gasteiger partial charge < -0.3 is 15.8 Å². The molecule has 4 atom stereocenters. The smallest absolute Gasteiger partial charge is 0.223 e.